The van der Waals surface area contributed by atoms with Crippen LogP contribution in [-0.2, 0) is 17.7 Å². The molecule has 1 saturated carbocycles. The van der Waals surface area contributed by atoms with Gasteiger partial charge >= 0.3 is 0 Å². The second-order valence-electron chi connectivity index (χ2n) is 10.7. The Hall–Kier alpha value is -2.35. The number of pyridine rings is 1. The molecule has 7 heteroatoms. The molecule has 0 amide bonds. The zero-order chi connectivity index (χ0) is 24.3. The summed E-state index contributed by atoms with van der Waals surface area (Å²) in [7, 11) is 0. The highest BCUT2D eigenvalue weighted by Crippen LogP contribution is 2.35. The van der Waals surface area contributed by atoms with E-state index in [0.29, 0.717) is 18.9 Å². The standard InChI is InChI=1S/C29H35N3O3S/c33-27(24-3-1-5-25-23(24)4-2-13-30-25)17-21-8-6-20(7-9-21)10-14-32-15-11-28-26(18-32)31-29(36-28)35-22-12-16-34-19-22/h1-5,13,20-22H,6-12,14-19H2/t20?,21?,22-/m1/s1. The first-order chi connectivity index (χ1) is 17.7. The fourth-order valence-electron chi connectivity index (χ4n) is 6.03. The largest absolute Gasteiger partial charge is 0.464 e. The number of fused-ring (bicyclic) bond motifs is 2. The first-order valence-electron chi connectivity index (χ1n) is 13.5. The molecular formula is C29H35N3O3S. The number of carbonyl (C=O) groups excluding carboxylic acids is 1. The molecule has 1 aromatic carbocycles. The number of thiazole rings is 1. The van der Waals surface area contributed by atoms with Crippen molar-refractivity contribution in [2.75, 3.05) is 26.3 Å². The maximum Gasteiger partial charge on any atom is 0.274 e. The summed E-state index contributed by atoms with van der Waals surface area (Å²) in [6.07, 6.45) is 10.7. The molecule has 1 aliphatic carbocycles. The molecule has 1 saturated heterocycles. The van der Waals surface area contributed by atoms with Crippen LogP contribution in [-0.4, -0.2) is 53.1 Å². The number of ketones is 1. The SMILES string of the molecule is O=C(CC1CCC(CCN2CCc3sc(O[C@@H]4CCOC4)nc3C2)CC1)c1cccc2ncccc12. The third kappa shape index (κ3) is 5.48. The summed E-state index contributed by atoms with van der Waals surface area (Å²) in [4.78, 5) is 26.3. The third-order valence-corrected chi connectivity index (χ3v) is 9.23. The van der Waals surface area contributed by atoms with Crippen LogP contribution in [0.5, 0.6) is 5.19 Å². The molecule has 3 aliphatic rings. The molecule has 3 aromatic rings. The van der Waals surface area contributed by atoms with Gasteiger partial charge in [0.25, 0.3) is 5.19 Å². The van der Waals surface area contributed by atoms with Gasteiger partial charge in [0, 0.05) is 48.0 Å². The van der Waals surface area contributed by atoms with Crippen LogP contribution < -0.4 is 4.74 Å². The van der Waals surface area contributed by atoms with Crippen molar-refractivity contribution >= 4 is 28.0 Å². The van der Waals surface area contributed by atoms with Crippen molar-refractivity contribution < 1.29 is 14.3 Å². The van der Waals surface area contributed by atoms with Crippen molar-refractivity contribution in [3.05, 3.63) is 52.7 Å². The summed E-state index contributed by atoms with van der Waals surface area (Å²) < 4.78 is 11.5. The van der Waals surface area contributed by atoms with Crippen molar-refractivity contribution in [3.63, 3.8) is 0 Å². The third-order valence-electron chi connectivity index (χ3n) is 8.18. The molecule has 6 rings (SSSR count). The quantitative estimate of drug-likeness (QED) is 0.367. The van der Waals surface area contributed by atoms with Crippen LogP contribution in [0.3, 0.4) is 0 Å². The van der Waals surface area contributed by atoms with Crippen LogP contribution in [0.15, 0.2) is 36.5 Å². The van der Waals surface area contributed by atoms with E-state index in [4.69, 9.17) is 14.5 Å². The Morgan fingerprint density at radius 3 is 2.86 bits per heavy atom. The number of ether oxygens (including phenoxy) is 2. The minimum Gasteiger partial charge on any atom is -0.464 e. The normalized spacial score (nSPS) is 24.6. The van der Waals surface area contributed by atoms with Crippen LogP contribution in [0.1, 0.15) is 65.9 Å². The molecular weight excluding hydrogens is 470 g/mol. The van der Waals surface area contributed by atoms with Crippen LogP contribution in [0, 0.1) is 11.8 Å². The number of carbonyl (C=O) groups is 1. The van der Waals surface area contributed by atoms with E-state index < -0.39 is 0 Å². The topological polar surface area (TPSA) is 64.6 Å². The average Bonchev–Trinajstić information content (AvgIpc) is 3.57. The van der Waals surface area contributed by atoms with Crippen molar-refractivity contribution in [3.8, 4) is 5.19 Å². The van der Waals surface area contributed by atoms with E-state index in [1.807, 2.05) is 30.3 Å². The van der Waals surface area contributed by atoms with E-state index in [1.165, 1.54) is 42.7 Å². The van der Waals surface area contributed by atoms with Gasteiger partial charge in [0.2, 0.25) is 0 Å². The zero-order valence-corrected chi connectivity index (χ0v) is 21.7. The molecule has 190 valence electrons. The van der Waals surface area contributed by atoms with Gasteiger partial charge in [-0.05, 0) is 56.2 Å². The van der Waals surface area contributed by atoms with E-state index in [0.717, 1.165) is 66.7 Å². The lowest BCUT2D eigenvalue weighted by molar-refractivity contribution is 0.0941. The number of hydrogen-bond donors (Lipinski definition) is 0. The molecule has 0 bridgehead atoms. The van der Waals surface area contributed by atoms with Gasteiger partial charge in [-0.25, -0.2) is 4.98 Å². The van der Waals surface area contributed by atoms with Gasteiger partial charge in [-0.2, -0.15) is 0 Å². The monoisotopic (exact) mass is 505 g/mol. The maximum absolute atomic E-state index is 13.1. The number of aromatic nitrogens is 2. The predicted octanol–water partition coefficient (Wildman–Crippen LogP) is 5.69. The Bertz CT molecular complexity index is 1190. The van der Waals surface area contributed by atoms with E-state index in [2.05, 4.69) is 9.88 Å². The molecule has 2 aliphatic heterocycles. The van der Waals surface area contributed by atoms with Gasteiger partial charge in [-0.3, -0.25) is 14.7 Å². The molecule has 2 fully saturated rings. The fraction of sp³-hybridized carbons (Fsp3) is 0.552. The number of rotatable bonds is 8. The van der Waals surface area contributed by atoms with Crippen molar-refractivity contribution in [2.45, 2.75) is 64.0 Å². The van der Waals surface area contributed by atoms with Gasteiger partial charge in [-0.1, -0.05) is 42.4 Å². The first kappa shape index (κ1) is 24.0. The Morgan fingerprint density at radius 1 is 1.11 bits per heavy atom. The molecule has 1 atom stereocenters. The predicted molar refractivity (Wildman–Crippen MR) is 142 cm³/mol. The van der Waals surface area contributed by atoms with Crippen molar-refractivity contribution in [1.82, 2.24) is 14.9 Å². The van der Waals surface area contributed by atoms with E-state index in [-0.39, 0.29) is 11.9 Å². The highest BCUT2D eigenvalue weighted by molar-refractivity contribution is 7.13. The van der Waals surface area contributed by atoms with E-state index in [1.54, 1.807) is 17.5 Å². The summed E-state index contributed by atoms with van der Waals surface area (Å²) in [5.74, 6) is 1.56. The number of Topliss-reactive ketones (excluding diaryl/α,β-unsaturated/α-hetero) is 1. The van der Waals surface area contributed by atoms with Crippen molar-refractivity contribution in [2.24, 2.45) is 11.8 Å². The highest BCUT2D eigenvalue weighted by Gasteiger charge is 2.27. The maximum atomic E-state index is 13.1. The molecule has 6 nitrogen and oxygen atoms in total. The minimum absolute atomic E-state index is 0.170. The number of hydrogen-bond acceptors (Lipinski definition) is 7. The van der Waals surface area contributed by atoms with E-state index in [9.17, 15) is 4.79 Å². The summed E-state index contributed by atoms with van der Waals surface area (Å²) in [5, 5.41) is 1.81. The first-order valence-corrected chi connectivity index (χ1v) is 14.3. The lowest BCUT2D eigenvalue weighted by Gasteiger charge is -2.31. The van der Waals surface area contributed by atoms with Crippen LogP contribution in [0.4, 0.5) is 0 Å². The second kappa shape index (κ2) is 11.0. The van der Waals surface area contributed by atoms with Gasteiger partial charge < -0.3 is 9.47 Å². The van der Waals surface area contributed by atoms with Crippen LogP contribution in [0.2, 0.25) is 0 Å². The Kier molecular flexibility index (Phi) is 7.30. The average molecular weight is 506 g/mol. The smallest absolute Gasteiger partial charge is 0.274 e. The molecule has 0 unspecified atom stereocenters. The van der Waals surface area contributed by atoms with Gasteiger partial charge in [-0.15, -0.1) is 0 Å². The van der Waals surface area contributed by atoms with Gasteiger partial charge in [0.15, 0.2) is 5.78 Å². The Morgan fingerprint density at radius 2 is 2.00 bits per heavy atom. The van der Waals surface area contributed by atoms with E-state index >= 15 is 0 Å². The summed E-state index contributed by atoms with van der Waals surface area (Å²) in [6, 6.07) is 9.82. The molecule has 0 radical (unpaired) electrons. The molecule has 4 heterocycles. The molecule has 0 spiro atoms. The molecule has 2 aromatic heterocycles. The Balaban J connectivity index is 0.952. The summed E-state index contributed by atoms with van der Waals surface area (Å²) >= 11 is 1.73. The minimum atomic E-state index is 0.170. The van der Waals surface area contributed by atoms with Gasteiger partial charge in [0.1, 0.15) is 6.10 Å². The lowest BCUT2D eigenvalue weighted by Crippen LogP contribution is -2.32. The highest BCUT2D eigenvalue weighted by atomic mass is 32.1. The van der Waals surface area contributed by atoms with Crippen molar-refractivity contribution in [1.29, 1.82) is 0 Å². The zero-order valence-electron chi connectivity index (χ0n) is 20.9. The lowest BCUT2D eigenvalue weighted by atomic mass is 9.78. The Labute approximate surface area is 217 Å². The van der Waals surface area contributed by atoms with Crippen LogP contribution in [0.25, 0.3) is 10.9 Å². The number of nitrogens with zero attached hydrogens (tertiary/aromatic N) is 3. The number of benzene rings is 1. The van der Waals surface area contributed by atoms with Crippen LogP contribution >= 0.6 is 11.3 Å². The van der Waals surface area contributed by atoms with Gasteiger partial charge in [0.05, 0.1) is 24.4 Å². The summed E-state index contributed by atoms with van der Waals surface area (Å²) in [6.45, 7) is 4.68. The molecule has 36 heavy (non-hydrogen) atoms. The fourth-order valence-corrected chi connectivity index (χ4v) is 7.00. The second-order valence-corrected chi connectivity index (χ2v) is 11.7. The summed E-state index contributed by atoms with van der Waals surface area (Å²) in [5.41, 5.74) is 2.95. The molecule has 0 N–H and O–H groups in total.